The number of anilines is 1. The molecule has 0 spiro atoms. The Labute approximate surface area is 65.2 Å². The molecule has 0 saturated heterocycles. The van der Waals surface area contributed by atoms with Crippen molar-refractivity contribution in [2.45, 2.75) is 19.9 Å². The van der Waals surface area contributed by atoms with Crippen LogP contribution < -0.4 is 5.73 Å². The summed E-state index contributed by atoms with van der Waals surface area (Å²) in [5.41, 5.74) is 6.34. The molecular weight excluding hydrogens is 140 g/mol. The molecule has 0 aliphatic heterocycles. The van der Waals surface area contributed by atoms with Crippen molar-refractivity contribution in [3.63, 3.8) is 0 Å². The molecule has 2 N–H and O–H groups in total. The summed E-state index contributed by atoms with van der Waals surface area (Å²) < 4.78 is 1.61. The molecule has 0 aromatic carbocycles. The zero-order valence-corrected chi connectivity index (χ0v) is 6.57. The van der Waals surface area contributed by atoms with Crippen LogP contribution in [0.3, 0.4) is 0 Å². The van der Waals surface area contributed by atoms with Gasteiger partial charge in [0.15, 0.2) is 0 Å². The zero-order chi connectivity index (χ0) is 8.43. The van der Waals surface area contributed by atoms with Crippen LogP contribution in [0.1, 0.15) is 18.7 Å². The highest BCUT2D eigenvalue weighted by Crippen LogP contribution is 2.10. The van der Waals surface area contributed by atoms with Crippen molar-refractivity contribution in [2.24, 2.45) is 0 Å². The Bertz CT molecular complexity index is 294. The smallest absolute Gasteiger partial charge is 0.145 e. The number of nitrogen functional groups attached to an aromatic ring is 1. The second kappa shape index (κ2) is 2.62. The van der Waals surface area contributed by atoms with Crippen molar-refractivity contribution in [1.82, 2.24) is 9.78 Å². The van der Waals surface area contributed by atoms with Gasteiger partial charge in [0, 0.05) is 11.8 Å². The maximum Gasteiger partial charge on any atom is 0.145 e. The fourth-order valence-corrected chi connectivity index (χ4v) is 0.959. The van der Waals surface area contributed by atoms with Crippen LogP contribution in [0.5, 0.6) is 0 Å². The second-order valence-corrected chi connectivity index (χ2v) is 2.46. The Morgan fingerprint density at radius 2 is 2.45 bits per heavy atom. The first-order valence-electron chi connectivity index (χ1n) is 3.36. The highest BCUT2D eigenvalue weighted by Gasteiger charge is 2.06. The quantitative estimate of drug-likeness (QED) is 0.645. The van der Waals surface area contributed by atoms with E-state index in [0.717, 1.165) is 5.69 Å². The molecular formula is C7H10N4. The van der Waals surface area contributed by atoms with Crippen molar-refractivity contribution < 1.29 is 0 Å². The Morgan fingerprint density at radius 3 is 2.82 bits per heavy atom. The lowest BCUT2D eigenvalue weighted by Gasteiger charge is -2.03. The molecule has 11 heavy (non-hydrogen) atoms. The van der Waals surface area contributed by atoms with Crippen LogP contribution in [-0.4, -0.2) is 9.78 Å². The third-order valence-electron chi connectivity index (χ3n) is 1.50. The van der Waals surface area contributed by atoms with Crippen LogP contribution in [-0.2, 0) is 0 Å². The number of nitrogens with two attached hydrogens (primary N) is 1. The van der Waals surface area contributed by atoms with Crippen LogP contribution in [0.15, 0.2) is 6.07 Å². The van der Waals surface area contributed by atoms with E-state index in [1.807, 2.05) is 6.92 Å². The van der Waals surface area contributed by atoms with E-state index < -0.39 is 0 Å². The lowest BCUT2D eigenvalue weighted by atomic mass is 10.3. The van der Waals surface area contributed by atoms with Crippen molar-refractivity contribution in [2.75, 3.05) is 5.73 Å². The molecule has 0 fully saturated rings. The molecule has 0 aliphatic rings. The van der Waals surface area contributed by atoms with E-state index in [0.29, 0.717) is 5.82 Å². The molecule has 4 heteroatoms. The van der Waals surface area contributed by atoms with Gasteiger partial charge in [-0.05, 0) is 13.8 Å². The maximum absolute atomic E-state index is 8.57. The Kier molecular flexibility index (Phi) is 1.81. The fraction of sp³-hybridized carbons (Fsp3) is 0.429. The third kappa shape index (κ3) is 1.32. The number of aromatic nitrogens is 2. The van der Waals surface area contributed by atoms with Gasteiger partial charge in [-0.2, -0.15) is 10.4 Å². The number of nitrogens with zero attached hydrogens (tertiary/aromatic N) is 3. The van der Waals surface area contributed by atoms with Gasteiger partial charge in [0.1, 0.15) is 11.9 Å². The SMILES string of the molecule is Cc1cc(N)nn1C(C)C#N. The van der Waals surface area contributed by atoms with Gasteiger partial charge < -0.3 is 5.73 Å². The number of hydrogen-bond donors (Lipinski definition) is 1. The largest absolute Gasteiger partial charge is 0.382 e. The molecule has 0 aliphatic carbocycles. The van der Waals surface area contributed by atoms with Crippen molar-refractivity contribution in [1.29, 1.82) is 5.26 Å². The molecule has 0 amide bonds. The van der Waals surface area contributed by atoms with Gasteiger partial charge in [0.25, 0.3) is 0 Å². The van der Waals surface area contributed by atoms with Gasteiger partial charge in [0.2, 0.25) is 0 Å². The summed E-state index contributed by atoms with van der Waals surface area (Å²) >= 11 is 0. The molecule has 1 unspecified atom stereocenters. The molecule has 1 aromatic rings. The summed E-state index contributed by atoms with van der Waals surface area (Å²) in [4.78, 5) is 0. The summed E-state index contributed by atoms with van der Waals surface area (Å²) in [7, 11) is 0. The van der Waals surface area contributed by atoms with Gasteiger partial charge in [-0.3, -0.25) is 4.68 Å². The van der Waals surface area contributed by atoms with Crippen LogP contribution >= 0.6 is 0 Å². The van der Waals surface area contributed by atoms with Gasteiger partial charge in [0.05, 0.1) is 6.07 Å². The molecule has 0 saturated carbocycles. The first-order valence-corrected chi connectivity index (χ1v) is 3.36. The van der Waals surface area contributed by atoms with Gasteiger partial charge >= 0.3 is 0 Å². The van der Waals surface area contributed by atoms with E-state index in [4.69, 9.17) is 11.0 Å². The van der Waals surface area contributed by atoms with Crippen molar-refractivity contribution in [3.8, 4) is 6.07 Å². The van der Waals surface area contributed by atoms with E-state index >= 15 is 0 Å². The molecule has 1 aromatic heterocycles. The monoisotopic (exact) mass is 150 g/mol. The summed E-state index contributed by atoms with van der Waals surface area (Å²) in [6.07, 6.45) is 0. The predicted octanol–water partition coefficient (Wildman–Crippen LogP) is 0.858. The summed E-state index contributed by atoms with van der Waals surface area (Å²) in [6.45, 7) is 3.65. The Morgan fingerprint density at radius 1 is 1.82 bits per heavy atom. The van der Waals surface area contributed by atoms with Gasteiger partial charge in [-0.15, -0.1) is 0 Å². The number of rotatable bonds is 1. The minimum atomic E-state index is -0.243. The number of nitriles is 1. The van der Waals surface area contributed by atoms with E-state index in [1.165, 1.54) is 0 Å². The lowest BCUT2D eigenvalue weighted by Crippen LogP contribution is -2.06. The minimum absolute atomic E-state index is 0.243. The van der Waals surface area contributed by atoms with Crippen LogP contribution in [0, 0.1) is 18.3 Å². The summed E-state index contributed by atoms with van der Waals surface area (Å²) in [5.74, 6) is 0.463. The van der Waals surface area contributed by atoms with Crippen LogP contribution in [0.25, 0.3) is 0 Å². The lowest BCUT2D eigenvalue weighted by molar-refractivity contribution is 0.577. The fourth-order valence-electron chi connectivity index (χ4n) is 0.959. The van der Waals surface area contributed by atoms with Crippen LogP contribution in [0.2, 0.25) is 0 Å². The molecule has 58 valence electrons. The van der Waals surface area contributed by atoms with Gasteiger partial charge in [-0.25, -0.2) is 0 Å². The molecule has 0 bridgehead atoms. The maximum atomic E-state index is 8.57. The number of hydrogen-bond acceptors (Lipinski definition) is 3. The normalized spacial score (nSPS) is 12.5. The Balaban J connectivity index is 3.05. The molecule has 1 rings (SSSR count). The highest BCUT2D eigenvalue weighted by molar-refractivity contribution is 5.29. The summed E-state index contributed by atoms with van der Waals surface area (Å²) in [6, 6.07) is 3.58. The average Bonchev–Trinajstić information content (AvgIpc) is 2.28. The van der Waals surface area contributed by atoms with E-state index in [1.54, 1.807) is 17.7 Å². The highest BCUT2D eigenvalue weighted by atomic mass is 15.3. The molecule has 0 radical (unpaired) electrons. The van der Waals surface area contributed by atoms with Crippen LogP contribution in [0.4, 0.5) is 5.82 Å². The third-order valence-corrected chi connectivity index (χ3v) is 1.50. The molecule has 1 heterocycles. The molecule has 4 nitrogen and oxygen atoms in total. The average molecular weight is 150 g/mol. The Hall–Kier alpha value is -1.50. The minimum Gasteiger partial charge on any atom is -0.382 e. The topological polar surface area (TPSA) is 67.6 Å². The number of aryl methyl sites for hydroxylation is 1. The van der Waals surface area contributed by atoms with E-state index in [9.17, 15) is 0 Å². The zero-order valence-electron chi connectivity index (χ0n) is 6.57. The second-order valence-electron chi connectivity index (χ2n) is 2.46. The predicted molar refractivity (Wildman–Crippen MR) is 41.7 cm³/mol. The van der Waals surface area contributed by atoms with Gasteiger partial charge in [-0.1, -0.05) is 0 Å². The first-order chi connectivity index (χ1) is 5.15. The summed E-state index contributed by atoms with van der Waals surface area (Å²) in [5, 5.41) is 12.5. The first kappa shape index (κ1) is 7.61. The van der Waals surface area contributed by atoms with E-state index in [2.05, 4.69) is 11.2 Å². The van der Waals surface area contributed by atoms with E-state index in [-0.39, 0.29) is 6.04 Å². The molecule has 1 atom stereocenters. The van der Waals surface area contributed by atoms with Crippen molar-refractivity contribution >= 4 is 5.82 Å². The standard InChI is InChI=1S/C7H10N4/c1-5-3-7(9)10-11(5)6(2)4-8/h3,6H,1-2H3,(H2,9,10). The van der Waals surface area contributed by atoms with Crippen molar-refractivity contribution in [3.05, 3.63) is 11.8 Å².